The molecule has 4 aromatic rings. The molecule has 0 fully saturated rings. The zero-order valence-corrected chi connectivity index (χ0v) is 22.4. The Labute approximate surface area is 229 Å². The summed E-state index contributed by atoms with van der Waals surface area (Å²) >= 11 is 1.40. The van der Waals surface area contributed by atoms with Gasteiger partial charge in [-0.15, -0.1) is 11.3 Å². The Balaban J connectivity index is 1.44. The van der Waals surface area contributed by atoms with Crippen molar-refractivity contribution in [1.82, 2.24) is 20.4 Å². The molecule has 3 aromatic heterocycles. The van der Waals surface area contributed by atoms with Crippen molar-refractivity contribution in [2.24, 2.45) is 11.6 Å². The molecule has 0 saturated heterocycles. The van der Waals surface area contributed by atoms with E-state index >= 15 is 0 Å². The number of aryl methyl sites for hydroxylation is 2. The number of benzene rings is 1. The van der Waals surface area contributed by atoms with E-state index in [0.29, 0.717) is 34.3 Å². The standard InChI is InChI=1S/C28H29N7O3S/c1-16-10-22(34-25(11-16)35-24-13-18(7-9-31-24)21(29)14-33-30)23-15-32-27(39-23)28(37)8-3-4-17-12-19(26(36)38-2)5-6-20(17)28/h5-7,9-15,33,37H,3-4,8,29-30H2,1-2H3,(H,31,34,35)/b21-14-. The van der Waals surface area contributed by atoms with Gasteiger partial charge >= 0.3 is 5.97 Å². The molecule has 39 heavy (non-hydrogen) atoms. The van der Waals surface area contributed by atoms with Crippen LogP contribution >= 0.6 is 11.3 Å². The summed E-state index contributed by atoms with van der Waals surface area (Å²) in [6, 6.07) is 12.8. The topological polar surface area (TPSA) is 161 Å². The number of carbonyl (C=O) groups is 1. The molecule has 1 aliphatic rings. The normalized spacial score (nSPS) is 16.9. The molecule has 1 atom stereocenters. The number of pyridine rings is 2. The van der Waals surface area contributed by atoms with Crippen LogP contribution in [-0.4, -0.2) is 33.1 Å². The van der Waals surface area contributed by atoms with Gasteiger partial charge < -0.3 is 26.3 Å². The molecule has 0 aliphatic heterocycles. The highest BCUT2D eigenvalue weighted by atomic mass is 32.1. The minimum atomic E-state index is -1.24. The van der Waals surface area contributed by atoms with Gasteiger partial charge in [0.2, 0.25) is 0 Å². The highest BCUT2D eigenvalue weighted by Crippen LogP contribution is 2.43. The number of thiazole rings is 1. The van der Waals surface area contributed by atoms with Gasteiger partial charge in [0.1, 0.15) is 22.2 Å². The lowest BCUT2D eigenvalue weighted by molar-refractivity contribution is 0.0583. The minimum Gasteiger partial charge on any atom is -0.465 e. The van der Waals surface area contributed by atoms with Crippen LogP contribution in [0.2, 0.25) is 0 Å². The number of nitrogens with zero attached hydrogens (tertiary/aromatic N) is 3. The highest BCUT2D eigenvalue weighted by Gasteiger charge is 2.39. The van der Waals surface area contributed by atoms with E-state index in [1.54, 1.807) is 42.7 Å². The van der Waals surface area contributed by atoms with Crippen molar-refractivity contribution in [3.05, 3.63) is 93.9 Å². The molecule has 0 spiro atoms. The first-order valence-corrected chi connectivity index (χ1v) is 13.2. The average molecular weight is 544 g/mol. The Hall–Kier alpha value is -4.32. The number of hydrogen-bond acceptors (Lipinski definition) is 11. The molecule has 10 nitrogen and oxygen atoms in total. The first-order chi connectivity index (χ1) is 18.8. The molecule has 200 valence electrons. The summed E-state index contributed by atoms with van der Waals surface area (Å²) in [6.45, 7) is 1.99. The first-order valence-electron chi connectivity index (χ1n) is 12.4. The van der Waals surface area contributed by atoms with Gasteiger partial charge in [-0.05, 0) is 79.3 Å². The number of nitrogens with one attached hydrogen (secondary N) is 2. The number of nitrogens with two attached hydrogens (primary N) is 2. The number of aliphatic hydroxyl groups is 1. The van der Waals surface area contributed by atoms with Gasteiger partial charge in [-0.1, -0.05) is 6.07 Å². The van der Waals surface area contributed by atoms with Crippen LogP contribution in [0.15, 0.2) is 61.1 Å². The van der Waals surface area contributed by atoms with Crippen molar-refractivity contribution in [1.29, 1.82) is 0 Å². The molecular weight excluding hydrogens is 514 g/mol. The molecule has 0 bridgehead atoms. The maximum absolute atomic E-state index is 12.0. The number of aromatic nitrogens is 3. The molecule has 0 saturated carbocycles. The summed E-state index contributed by atoms with van der Waals surface area (Å²) < 4.78 is 4.86. The number of methoxy groups -OCH3 is 1. The van der Waals surface area contributed by atoms with Gasteiger partial charge in [0.15, 0.2) is 0 Å². The summed E-state index contributed by atoms with van der Waals surface area (Å²) in [4.78, 5) is 26.6. The van der Waals surface area contributed by atoms with Gasteiger partial charge in [-0.2, -0.15) is 0 Å². The van der Waals surface area contributed by atoms with E-state index in [1.165, 1.54) is 24.6 Å². The maximum atomic E-state index is 12.0. The van der Waals surface area contributed by atoms with Crippen molar-refractivity contribution in [2.45, 2.75) is 31.8 Å². The summed E-state index contributed by atoms with van der Waals surface area (Å²) in [5, 5.41) is 15.7. The molecule has 11 heteroatoms. The predicted octanol–water partition coefficient (Wildman–Crippen LogP) is 3.73. The lowest BCUT2D eigenvalue weighted by atomic mass is 9.79. The second kappa shape index (κ2) is 10.8. The van der Waals surface area contributed by atoms with E-state index in [2.05, 4.69) is 20.7 Å². The zero-order valence-electron chi connectivity index (χ0n) is 21.6. The van der Waals surface area contributed by atoms with Crippen molar-refractivity contribution >= 4 is 34.6 Å². The smallest absolute Gasteiger partial charge is 0.337 e. The monoisotopic (exact) mass is 543 g/mol. The number of hydrogen-bond donors (Lipinski definition) is 5. The maximum Gasteiger partial charge on any atom is 0.337 e. The molecular formula is C28H29N7O3S. The Morgan fingerprint density at radius 3 is 2.79 bits per heavy atom. The van der Waals surface area contributed by atoms with Crippen LogP contribution in [0.5, 0.6) is 0 Å². The molecule has 0 radical (unpaired) electrons. The molecule has 1 aliphatic carbocycles. The number of ether oxygens (including phenoxy) is 1. The van der Waals surface area contributed by atoms with Crippen LogP contribution in [-0.2, 0) is 16.8 Å². The number of anilines is 2. The molecule has 3 heterocycles. The summed E-state index contributed by atoms with van der Waals surface area (Å²) in [5.41, 5.74) is 12.3. The Bertz CT molecular complexity index is 1570. The van der Waals surface area contributed by atoms with Gasteiger partial charge in [-0.3, -0.25) is 5.84 Å². The van der Waals surface area contributed by atoms with Crippen LogP contribution in [0.4, 0.5) is 11.6 Å². The van der Waals surface area contributed by atoms with E-state index < -0.39 is 11.6 Å². The number of rotatable bonds is 7. The number of carbonyl (C=O) groups excluding carboxylic acids is 1. The number of hydrazine groups is 1. The third kappa shape index (κ3) is 5.32. The van der Waals surface area contributed by atoms with Crippen molar-refractivity contribution in [2.75, 3.05) is 12.4 Å². The molecule has 1 unspecified atom stereocenters. The third-order valence-corrected chi connectivity index (χ3v) is 7.80. The summed E-state index contributed by atoms with van der Waals surface area (Å²) in [5.74, 6) is 6.13. The van der Waals surface area contributed by atoms with Crippen LogP contribution in [0, 0.1) is 6.92 Å². The lowest BCUT2D eigenvalue weighted by Gasteiger charge is -2.33. The van der Waals surface area contributed by atoms with E-state index in [4.69, 9.17) is 21.3 Å². The quantitative estimate of drug-likeness (QED) is 0.132. The fourth-order valence-corrected chi connectivity index (χ4v) is 5.77. The summed E-state index contributed by atoms with van der Waals surface area (Å²) in [6.07, 6.45) is 6.97. The average Bonchev–Trinajstić information content (AvgIpc) is 3.44. The molecule has 1 aromatic carbocycles. The van der Waals surface area contributed by atoms with Crippen LogP contribution in [0.3, 0.4) is 0 Å². The SMILES string of the molecule is COC(=O)c1ccc2c(c1)CCCC2(O)c1ncc(-c2cc(C)cc(Nc3cc(/C(N)=C/NN)ccn3)n2)s1. The Morgan fingerprint density at radius 2 is 2.00 bits per heavy atom. The fourth-order valence-electron chi connectivity index (χ4n) is 4.76. The number of esters is 1. The van der Waals surface area contributed by atoms with E-state index in [1.807, 2.05) is 19.1 Å². The number of fused-ring (bicyclic) bond motifs is 1. The van der Waals surface area contributed by atoms with Crippen molar-refractivity contribution in [3.8, 4) is 10.6 Å². The van der Waals surface area contributed by atoms with Gasteiger partial charge in [0.25, 0.3) is 0 Å². The molecule has 0 amide bonds. The largest absolute Gasteiger partial charge is 0.465 e. The van der Waals surface area contributed by atoms with Crippen molar-refractivity contribution < 1.29 is 14.6 Å². The van der Waals surface area contributed by atoms with E-state index in [-0.39, 0.29) is 0 Å². The minimum absolute atomic E-state index is 0.396. The van der Waals surface area contributed by atoms with Gasteiger partial charge in [0, 0.05) is 24.2 Å². The third-order valence-electron chi connectivity index (χ3n) is 6.63. The Morgan fingerprint density at radius 1 is 1.15 bits per heavy atom. The van der Waals surface area contributed by atoms with Gasteiger partial charge in [-0.25, -0.2) is 19.7 Å². The second-order valence-corrected chi connectivity index (χ2v) is 10.4. The molecule has 7 N–H and O–H groups in total. The molecule has 5 rings (SSSR count). The predicted molar refractivity (Wildman–Crippen MR) is 151 cm³/mol. The summed E-state index contributed by atoms with van der Waals surface area (Å²) in [7, 11) is 1.36. The lowest BCUT2D eigenvalue weighted by Crippen LogP contribution is -2.32. The fraction of sp³-hybridized carbons (Fsp3) is 0.214. The van der Waals surface area contributed by atoms with Crippen LogP contribution in [0.1, 0.15) is 50.5 Å². The van der Waals surface area contributed by atoms with Crippen LogP contribution in [0.25, 0.3) is 16.3 Å². The van der Waals surface area contributed by atoms with Crippen LogP contribution < -0.4 is 22.3 Å². The van der Waals surface area contributed by atoms with Gasteiger partial charge in [0.05, 0.1) is 28.9 Å². The van der Waals surface area contributed by atoms with Crippen molar-refractivity contribution in [3.63, 3.8) is 0 Å². The van der Waals surface area contributed by atoms with E-state index in [0.717, 1.165) is 45.7 Å². The first kappa shape index (κ1) is 26.3. The second-order valence-electron chi connectivity index (χ2n) is 9.34. The zero-order chi connectivity index (χ0) is 27.6. The highest BCUT2D eigenvalue weighted by molar-refractivity contribution is 7.15. The Kier molecular flexibility index (Phi) is 7.29. The van der Waals surface area contributed by atoms with E-state index in [9.17, 15) is 9.90 Å².